The number of benzene rings is 5. The van der Waals surface area contributed by atoms with Gasteiger partial charge in [0.05, 0.1) is 22.4 Å². The van der Waals surface area contributed by atoms with E-state index in [1.165, 1.54) is 66.3 Å². The average Bonchev–Trinajstić information content (AvgIpc) is 3.69. The fourth-order valence-corrected chi connectivity index (χ4v) is 9.07. The number of para-hydroxylation sites is 1. The van der Waals surface area contributed by atoms with Gasteiger partial charge in [-0.3, -0.25) is 0 Å². The highest BCUT2D eigenvalue weighted by Crippen LogP contribution is 2.54. The minimum Gasteiger partial charge on any atom is -0.309 e. The second-order valence-corrected chi connectivity index (χ2v) is 15.5. The summed E-state index contributed by atoms with van der Waals surface area (Å²) < 4.78 is 2.43. The van der Waals surface area contributed by atoms with Crippen molar-refractivity contribution in [2.45, 2.75) is 51.9 Å². The maximum Gasteiger partial charge on any atom is 0.160 e. The number of rotatable bonds is 3. The van der Waals surface area contributed by atoms with Gasteiger partial charge in [0, 0.05) is 38.4 Å². The molecule has 0 radical (unpaired) electrons. The first-order valence-electron chi connectivity index (χ1n) is 17.9. The third-order valence-corrected chi connectivity index (χ3v) is 11.7. The molecule has 0 fully saturated rings. The van der Waals surface area contributed by atoms with Gasteiger partial charge < -0.3 is 4.57 Å². The van der Waals surface area contributed by atoms with E-state index in [-0.39, 0.29) is 10.8 Å². The van der Waals surface area contributed by atoms with Crippen molar-refractivity contribution in [1.82, 2.24) is 14.5 Å². The summed E-state index contributed by atoms with van der Waals surface area (Å²) >= 11 is 0. The van der Waals surface area contributed by atoms with Gasteiger partial charge in [0.2, 0.25) is 0 Å². The van der Waals surface area contributed by atoms with Gasteiger partial charge in [-0.1, -0.05) is 126 Å². The molecule has 3 aliphatic carbocycles. The lowest BCUT2D eigenvalue weighted by Gasteiger charge is -2.21. The third kappa shape index (κ3) is 3.92. The number of aromatic nitrogens is 3. The number of hydrogen-bond acceptors (Lipinski definition) is 2. The van der Waals surface area contributed by atoms with Crippen LogP contribution in [-0.4, -0.2) is 14.5 Å². The van der Waals surface area contributed by atoms with Crippen LogP contribution in [0.5, 0.6) is 0 Å². The van der Waals surface area contributed by atoms with Gasteiger partial charge in [-0.05, 0) is 87.7 Å². The van der Waals surface area contributed by atoms with Crippen LogP contribution < -0.4 is 0 Å². The lowest BCUT2D eigenvalue weighted by molar-refractivity contribution is 0.635. The van der Waals surface area contributed by atoms with Crippen LogP contribution in [0.25, 0.3) is 66.7 Å². The van der Waals surface area contributed by atoms with Crippen molar-refractivity contribution in [2.75, 3.05) is 0 Å². The highest BCUT2D eigenvalue weighted by atomic mass is 15.0. The fraction of sp³-hybridized carbons (Fsp3) is 0.191. The van der Waals surface area contributed by atoms with Gasteiger partial charge in [0.1, 0.15) is 0 Å². The first kappa shape index (κ1) is 29.4. The van der Waals surface area contributed by atoms with Crippen molar-refractivity contribution < 1.29 is 0 Å². The van der Waals surface area contributed by atoms with Crippen LogP contribution >= 0.6 is 0 Å². The Bertz CT molecular complexity index is 2630. The normalized spacial score (nSPS) is 17.8. The molecule has 50 heavy (non-hydrogen) atoms. The Morgan fingerprint density at radius 3 is 2.06 bits per heavy atom. The summed E-state index contributed by atoms with van der Waals surface area (Å²) in [4.78, 5) is 10.7. The van der Waals surface area contributed by atoms with E-state index in [0.29, 0.717) is 5.92 Å². The molecule has 0 spiro atoms. The summed E-state index contributed by atoms with van der Waals surface area (Å²) in [6, 6.07) is 40.1. The second-order valence-electron chi connectivity index (χ2n) is 15.5. The molecular formula is C47H39N3. The van der Waals surface area contributed by atoms with Gasteiger partial charge in [0.15, 0.2) is 5.82 Å². The van der Waals surface area contributed by atoms with Crippen molar-refractivity contribution in [3.8, 4) is 39.3 Å². The first-order chi connectivity index (χ1) is 24.2. The summed E-state index contributed by atoms with van der Waals surface area (Å²) in [5.74, 6) is 1.31. The lowest BCUT2D eigenvalue weighted by Crippen LogP contribution is -2.18. The van der Waals surface area contributed by atoms with Gasteiger partial charge in [-0.15, -0.1) is 0 Å². The molecule has 2 aromatic heterocycles. The van der Waals surface area contributed by atoms with Crippen molar-refractivity contribution in [1.29, 1.82) is 0 Å². The van der Waals surface area contributed by atoms with Crippen LogP contribution in [0.1, 0.15) is 69.1 Å². The zero-order valence-electron chi connectivity index (χ0n) is 29.3. The average molecular weight is 646 g/mol. The summed E-state index contributed by atoms with van der Waals surface area (Å²) in [6.45, 7) is 11.6. The van der Waals surface area contributed by atoms with E-state index in [2.05, 4.69) is 167 Å². The molecular weight excluding hydrogens is 607 g/mol. The maximum atomic E-state index is 5.36. The number of hydrogen-bond donors (Lipinski definition) is 0. The number of allylic oxidation sites excluding steroid dienone is 4. The molecule has 5 aromatic carbocycles. The van der Waals surface area contributed by atoms with Crippen molar-refractivity contribution in [2.24, 2.45) is 5.92 Å². The Morgan fingerprint density at radius 2 is 1.32 bits per heavy atom. The van der Waals surface area contributed by atoms with Gasteiger partial charge in [-0.2, -0.15) is 0 Å². The molecule has 1 unspecified atom stereocenters. The highest BCUT2D eigenvalue weighted by molar-refractivity contribution is 6.17. The minimum absolute atomic E-state index is 0.0443. The molecule has 3 nitrogen and oxygen atoms in total. The van der Waals surface area contributed by atoms with Gasteiger partial charge in [0.25, 0.3) is 0 Å². The van der Waals surface area contributed by atoms with Gasteiger partial charge in [-0.25, -0.2) is 9.97 Å². The zero-order valence-corrected chi connectivity index (χ0v) is 29.3. The second kappa shape index (κ2) is 10.2. The standard InChI is InChI=1S/C47H39N3/c1-28-18-20-29(21-19-28)43-42-33-13-7-10-16-36(33)47(4,5)44(42)49-45(48-43)30-22-24-31(25-23-30)50-38-17-11-8-14-34(38)41-39(50)27-26-37-40(41)32-12-6-9-15-35(32)46(37,2)3/h6-18,20-28H,19H2,1-5H3. The van der Waals surface area contributed by atoms with Crippen LogP contribution in [0.15, 0.2) is 127 Å². The van der Waals surface area contributed by atoms with Crippen molar-refractivity contribution >= 4 is 27.4 Å². The van der Waals surface area contributed by atoms with Crippen LogP contribution in [0, 0.1) is 5.92 Å². The van der Waals surface area contributed by atoms with Crippen LogP contribution in [-0.2, 0) is 10.8 Å². The summed E-state index contributed by atoms with van der Waals surface area (Å²) in [6.07, 6.45) is 7.94. The van der Waals surface area contributed by atoms with Gasteiger partial charge >= 0.3 is 0 Å². The Hall–Kier alpha value is -5.54. The summed E-state index contributed by atoms with van der Waals surface area (Å²) in [5.41, 5.74) is 16.9. The SMILES string of the molecule is CC1C=CC(c2nc(-c3ccc(-n4c5ccccc5c5c6c(ccc54)C(C)(C)c4ccccc4-6)cc3)nc3c2-c2ccccc2C3(C)C)=CC1. The molecule has 242 valence electrons. The molecule has 0 saturated carbocycles. The van der Waals surface area contributed by atoms with E-state index in [9.17, 15) is 0 Å². The Labute approximate surface area is 293 Å². The minimum atomic E-state index is -0.221. The molecule has 0 amide bonds. The quantitative estimate of drug-likeness (QED) is 0.191. The van der Waals surface area contributed by atoms with Crippen LogP contribution in [0.2, 0.25) is 0 Å². The molecule has 0 saturated heterocycles. The highest BCUT2D eigenvalue weighted by Gasteiger charge is 2.40. The van der Waals surface area contributed by atoms with E-state index >= 15 is 0 Å². The number of nitrogens with zero attached hydrogens (tertiary/aromatic N) is 3. The zero-order chi connectivity index (χ0) is 33.9. The Kier molecular flexibility index (Phi) is 6.02. The molecule has 10 rings (SSSR count). The fourth-order valence-electron chi connectivity index (χ4n) is 9.07. The monoisotopic (exact) mass is 645 g/mol. The van der Waals surface area contributed by atoms with E-state index in [4.69, 9.17) is 9.97 Å². The van der Waals surface area contributed by atoms with Crippen molar-refractivity contribution in [3.63, 3.8) is 0 Å². The molecule has 1 atom stereocenters. The Morgan fingerprint density at radius 1 is 0.640 bits per heavy atom. The molecule has 0 N–H and O–H groups in total. The largest absolute Gasteiger partial charge is 0.309 e. The van der Waals surface area contributed by atoms with E-state index in [1.807, 2.05) is 0 Å². The maximum absolute atomic E-state index is 5.36. The molecule has 0 bridgehead atoms. The predicted octanol–water partition coefficient (Wildman–Crippen LogP) is 11.8. The van der Waals surface area contributed by atoms with E-state index in [0.717, 1.165) is 34.9 Å². The van der Waals surface area contributed by atoms with Crippen LogP contribution in [0.3, 0.4) is 0 Å². The van der Waals surface area contributed by atoms with Crippen LogP contribution in [0.4, 0.5) is 0 Å². The van der Waals surface area contributed by atoms with E-state index < -0.39 is 0 Å². The molecule has 3 heteroatoms. The molecule has 0 aliphatic heterocycles. The molecule has 7 aromatic rings. The topological polar surface area (TPSA) is 30.7 Å². The molecule has 3 aliphatic rings. The lowest BCUT2D eigenvalue weighted by atomic mass is 9.82. The van der Waals surface area contributed by atoms with Crippen molar-refractivity contribution in [3.05, 3.63) is 156 Å². The Balaban J connectivity index is 1.15. The summed E-state index contributed by atoms with van der Waals surface area (Å²) in [7, 11) is 0. The predicted molar refractivity (Wildman–Crippen MR) is 208 cm³/mol. The summed E-state index contributed by atoms with van der Waals surface area (Å²) in [5, 5.41) is 2.61. The molecule has 2 heterocycles. The number of fused-ring (bicyclic) bond motifs is 10. The third-order valence-electron chi connectivity index (χ3n) is 11.7. The first-order valence-corrected chi connectivity index (χ1v) is 17.9. The smallest absolute Gasteiger partial charge is 0.160 e. The van der Waals surface area contributed by atoms with E-state index in [1.54, 1.807) is 0 Å².